The summed E-state index contributed by atoms with van der Waals surface area (Å²) < 4.78 is 0. The molecule has 0 saturated heterocycles. The second-order valence-corrected chi connectivity index (χ2v) is 8.31. The fourth-order valence-corrected chi connectivity index (χ4v) is 4.38. The van der Waals surface area contributed by atoms with E-state index in [-0.39, 0.29) is 11.9 Å². The third-order valence-corrected chi connectivity index (χ3v) is 5.57. The summed E-state index contributed by atoms with van der Waals surface area (Å²) in [6.07, 6.45) is 1.52. The van der Waals surface area contributed by atoms with Crippen LogP contribution in [-0.2, 0) is 11.2 Å². The zero-order chi connectivity index (χ0) is 19.7. The molecule has 0 aliphatic carbocycles. The molecule has 1 atom stereocenters. The molecule has 3 N–H and O–H groups in total. The van der Waals surface area contributed by atoms with E-state index in [1.807, 2.05) is 20.8 Å². The Hall–Kier alpha value is -2.66. The van der Waals surface area contributed by atoms with E-state index in [0.29, 0.717) is 34.6 Å². The first kappa shape index (κ1) is 19.1. The number of anilines is 4. The SMILES string of the molecule is CCc1c(C)sc(Nc2nc(C)nc3c2NC(=O)C(CC(C)C)N3)c1C#N. The van der Waals surface area contributed by atoms with Crippen LogP contribution in [0.4, 0.5) is 22.3 Å². The molecule has 142 valence electrons. The predicted octanol–water partition coefficient (Wildman–Crippen LogP) is 4.11. The van der Waals surface area contributed by atoms with Gasteiger partial charge in [-0.05, 0) is 38.2 Å². The highest BCUT2D eigenvalue weighted by atomic mass is 32.1. The quantitative estimate of drug-likeness (QED) is 0.717. The Labute approximate surface area is 163 Å². The van der Waals surface area contributed by atoms with Gasteiger partial charge in [0.2, 0.25) is 5.91 Å². The molecule has 8 heteroatoms. The lowest BCUT2D eigenvalue weighted by Crippen LogP contribution is -2.40. The first-order chi connectivity index (χ1) is 12.8. The van der Waals surface area contributed by atoms with E-state index in [1.165, 1.54) is 11.3 Å². The van der Waals surface area contributed by atoms with Crippen molar-refractivity contribution in [2.75, 3.05) is 16.0 Å². The third kappa shape index (κ3) is 3.74. The Kier molecular flexibility index (Phi) is 5.33. The minimum Gasteiger partial charge on any atom is -0.356 e. The van der Waals surface area contributed by atoms with Crippen molar-refractivity contribution in [3.63, 3.8) is 0 Å². The molecular weight excluding hydrogens is 360 g/mol. The number of fused-ring (bicyclic) bond motifs is 1. The summed E-state index contributed by atoms with van der Waals surface area (Å²) in [7, 11) is 0. The van der Waals surface area contributed by atoms with E-state index in [2.05, 4.69) is 45.8 Å². The average Bonchev–Trinajstić information content (AvgIpc) is 2.90. The Morgan fingerprint density at radius 3 is 2.70 bits per heavy atom. The van der Waals surface area contributed by atoms with Gasteiger partial charge < -0.3 is 16.0 Å². The van der Waals surface area contributed by atoms with Crippen molar-refractivity contribution in [3.05, 3.63) is 21.8 Å². The second kappa shape index (κ2) is 7.53. The first-order valence-corrected chi connectivity index (χ1v) is 9.91. The standard InChI is InChI=1S/C19H24N6OS/c1-6-12-10(4)27-19(13(12)8-20)25-17-15-16(21-11(5)22-17)23-14(7-9(2)3)18(26)24-15/h9,14H,6-7H2,1-5H3,(H,24,26)(H2,21,22,23,25). The number of aromatic nitrogens is 2. The molecule has 2 aromatic heterocycles. The van der Waals surface area contributed by atoms with Gasteiger partial charge in [0.15, 0.2) is 11.6 Å². The molecule has 1 unspecified atom stereocenters. The second-order valence-electron chi connectivity index (χ2n) is 7.09. The summed E-state index contributed by atoms with van der Waals surface area (Å²) in [4.78, 5) is 22.5. The molecule has 0 aromatic carbocycles. The van der Waals surface area contributed by atoms with Crippen LogP contribution < -0.4 is 16.0 Å². The number of rotatable bonds is 5. The maximum absolute atomic E-state index is 12.5. The summed E-state index contributed by atoms with van der Waals surface area (Å²) in [6, 6.07) is 1.98. The number of aryl methyl sites for hydroxylation is 2. The monoisotopic (exact) mass is 384 g/mol. The minimum atomic E-state index is -0.315. The van der Waals surface area contributed by atoms with Gasteiger partial charge in [0, 0.05) is 4.88 Å². The smallest absolute Gasteiger partial charge is 0.247 e. The number of carbonyl (C=O) groups is 1. The van der Waals surface area contributed by atoms with E-state index >= 15 is 0 Å². The number of nitrogens with one attached hydrogen (secondary N) is 3. The van der Waals surface area contributed by atoms with Gasteiger partial charge in [-0.1, -0.05) is 20.8 Å². The predicted molar refractivity (Wildman–Crippen MR) is 109 cm³/mol. The molecule has 0 bridgehead atoms. The molecule has 3 heterocycles. The van der Waals surface area contributed by atoms with E-state index in [0.717, 1.165) is 28.3 Å². The lowest BCUT2D eigenvalue weighted by Gasteiger charge is -2.28. The number of hydrogen-bond donors (Lipinski definition) is 3. The largest absolute Gasteiger partial charge is 0.356 e. The van der Waals surface area contributed by atoms with Crippen LogP contribution >= 0.6 is 11.3 Å². The molecule has 7 nitrogen and oxygen atoms in total. The van der Waals surface area contributed by atoms with Crippen LogP contribution in [0.2, 0.25) is 0 Å². The van der Waals surface area contributed by atoms with Gasteiger partial charge in [0.25, 0.3) is 0 Å². The molecule has 0 fully saturated rings. The van der Waals surface area contributed by atoms with E-state index in [9.17, 15) is 10.1 Å². The van der Waals surface area contributed by atoms with Gasteiger partial charge in [0.1, 0.15) is 28.6 Å². The van der Waals surface area contributed by atoms with Gasteiger partial charge in [-0.15, -0.1) is 11.3 Å². The van der Waals surface area contributed by atoms with Crippen LogP contribution in [0, 0.1) is 31.1 Å². The number of nitriles is 1. The summed E-state index contributed by atoms with van der Waals surface area (Å²) in [5, 5.41) is 19.7. The lowest BCUT2D eigenvalue weighted by molar-refractivity contribution is -0.117. The van der Waals surface area contributed by atoms with Gasteiger partial charge in [0.05, 0.1) is 5.56 Å². The van der Waals surface area contributed by atoms with Crippen molar-refractivity contribution < 1.29 is 4.79 Å². The summed E-state index contributed by atoms with van der Waals surface area (Å²) in [6.45, 7) is 10.0. The fourth-order valence-electron chi connectivity index (χ4n) is 3.28. The molecule has 2 aromatic rings. The number of hydrogen-bond acceptors (Lipinski definition) is 7. The van der Waals surface area contributed by atoms with Crippen LogP contribution in [0.1, 0.15) is 49.0 Å². The number of thiophene rings is 1. The Morgan fingerprint density at radius 2 is 2.07 bits per heavy atom. The molecule has 27 heavy (non-hydrogen) atoms. The average molecular weight is 385 g/mol. The van der Waals surface area contributed by atoms with Crippen molar-refractivity contribution in [2.45, 2.75) is 53.5 Å². The molecule has 1 amide bonds. The highest BCUT2D eigenvalue weighted by molar-refractivity contribution is 7.16. The van der Waals surface area contributed by atoms with Gasteiger partial charge >= 0.3 is 0 Å². The van der Waals surface area contributed by atoms with Gasteiger partial charge in [-0.3, -0.25) is 4.79 Å². The molecule has 0 saturated carbocycles. The lowest BCUT2D eigenvalue weighted by atomic mass is 10.0. The molecule has 3 rings (SSSR count). The van der Waals surface area contributed by atoms with Crippen molar-refractivity contribution >= 4 is 39.6 Å². The number of carbonyl (C=O) groups excluding carboxylic acids is 1. The summed E-state index contributed by atoms with van der Waals surface area (Å²) >= 11 is 1.52. The first-order valence-electron chi connectivity index (χ1n) is 9.09. The number of amides is 1. The van der Waals surface area contributed by atoms with Gasteiger partial charge in [-0.2, -0.15) is 5.26 Å². The minimum absolute atomic E-state index is 0.0937. The zero-order valence-corrected chi connectivity index (χ0v) is 17.0. The van der Waals surface area contributed by atoms with Crippen LogP contribution in [0.15, 0.2) is 0 Å². The van der Waals surface area contributed by atoms with E-state index < -0.39 is 0 Å². The van der Waals surface area contributed by atoms with Crippen molar-refractivity contribution in [3.8, 4) is 6.07 Å². The zero-order valence-electron chi connectivity index (χ0n) is 16.2. The molecule has 1 aliphatic heterocycles. The highest BCUT2D eigenvalue weighted by Gasteiger charge is 2.30. The Balaban J connectivity index is 1.99. The van der Waals surface area contributed by atoms with Crippen LogP contribution in [0.25, 0.3) is 0 Å². The fraction of sp³-hybridized carbons (Fsp3) is 0.474. The van der Waals surface area contributed by atoms with E-state index in [4.69, 9.17) is 0 Å². The van der Waals surface area contributed by atoms with Crippen LogP contribution in [0.5, 0.6) is 0 Å². The third-order valence-electron chi connectivity index (χ3n) is 4.51. The highest BCUT2D eigenvalue weighted by Crippen LogP contribution is 2.39. The maximum atomic E-state index is 12.5. The molecular formula is C19H24N6OS. The molecule has 0 spiro atoms. The van der Waals surface area contributed by atoms with Crippen molar-refractivity contribution in [2.24, 2.45) is 5.92 Å². The van der Waals surface area contributed by atoms with E-state index in [1.54, 1.807) is 0 Å². The van der Waals surface area contributed by atoms with Gasteiger partial charge in [-0.25, -0.2) is 9.97 Å². The normalized spacial score (nSPS) is 15.7. The maximum Gasteiger partial charge on any atom is 0.247 e. The van der Waals surface area contributed by atoms with Crippen molar-refractivity contribution in [1.29, 1.82) is 5.26 Å². The van der Waals surface area contributed by atoms with Crippen molar-refractivity contribution in [1.82, 2.24) is 9.97 Å². The number of nitrogens with zero attached hydrogens (tertiary/aromatic N) is 3. The summed E-state index contributed by atoms with van der Waals surface area (Å²) in [5.74, 6) is 1.99. The van der Waals surface area contributed by atoms with Crippen LogP contribution in [0.3, 0.4) is 0 Å². The topological polar surface area (TPSA) is 103 Å². The molecule has 1 aliphatic rings. The Bertz CT molecular complexity index is 927. The molecule has 0 radical (unpaired) electrons. The summed E-state index contributed by atoms with van der Waals surface area (Å²) in [5.41, 5.74) is 2.21. The Morgan fingerprint density at radius 1 is 1.33 bits per heavy atom. The van der Waals surface area contributed by atoms with Crippen LogP contribution in [-0.4, -0.2) is 21.9 Å².